The average Bonchev–Trinajstić information content (AvgIpc) is 3.33. The fraction of sp³-hybridized carbons (Fsp3) is 0.444. The summed E-state index contributed by atoms with van der Waals surface area (Å²) in [4.78, 5) is 17.5. The molecule has 0 aliphatic heterocycles. The molecule has 2 aromatic rings. The van der Waals surface area contributed by atoms with Gasteiger partial charge in [0.15, 0.2) is 5.82 Å². The zero-order valence-corrected chi connectivity index (χ0v) is 14.6. The molecule has 1 amide bonds. The Morgan fingerprint density at radius 2 is 2.00 bits per heavy atom. The molecule has 1 atom stereocenters. The molecule has 0 spiro atoms. The number of aliphatic hydroxyl groups is 1. The van der Waals surface area contributed by atoms with Crippen molar-refractivity contribution in [3.05, 3.63) is 53.9 Å². The molecule has 0 bridgehead atoms. The topological polar surface area (TPSA) is 58.4 Å². The second-order valence-electron chi connectivity index (χ2n) is 6.74. The average molecular weight is 385 g/mol. The number of hydrogen-bond donors (Lipinski definition) is 1. The van der Waals surface area contributed by atoms with Gasteiger partial charge < -0.3 is 14.6 Å². The molecule has 5 nitrogen and oxygen atoms in total. The van der Waals surface area contributed by atoms with Gasteiger partial charge >= 0.3 is 6.18 Å². The quantitative estimate of drug-likeness (QED) is 0.778. The molecule has 1 N–H and O–H groups in total. The number of carbonyl (C=O) groups is 1. The van der Waals surface area contributed by atoms with Crippen molar-refractivity contribution in [3.8, 4) is 0 Å². The predicted molar refractivity (Wildman–Crippen MR) is 87.7 cm³/mol. The number of aryl methyl sites for hydroxylation is 1. The molecule has 1 saturated carbocycles. The maximum atomic E-state index is 13.9. The van der Waals surface area contributed by atoms with Crippen LogP contribution >= 0.6 is 0 Å². The third-order valence-corrected chi connectivity index (χ3v) is 4.67. The highest BCUT2D eigenvalue weighted by molar-refractivity contribution is 5.78. The van der Waals surface area contributed by atoms with E-state index >= 15 is 0 Å². The highest BCUT2D eigenvalue weighted by Crippen LogP contribution is 2.42. The Hall–Kier alpha value is -2.42. The van der Waals surface area contributed by atoms with Crippen molar-refractivity contribution in [2.24, 2.45) is 7.05 Å². The van der Waals surface area contributed by atoms with Crippen LogP contribution in [0.15, 0.2) is 36.7 Å². The van der Waals surface area contributed by atoms with Crippen molar-refractivity contribution >= 4 is 5.91 Å². The lowest BCUT2D eigenvalue weighted by Crippen LogP contribution is -2.48. The summed E-state index contributed by atoms with van der Waals surface area (Å²) in [5, 5.41) is 10.4. The Morgan fingerprint density at radius 3 is 2.52 bits per heavy atom. The van der Waals surface area contributed by atoms with E-state index in [0.717, 1.165) is 10.8 Å². The summed E-state index contributed by atoms with van der Waals surface area (Å²) in [6.07, 6.45) is -2.68. The van der Waals surface area contributed by atoms with Crippen molar-refractivity contribution in [1.82, 2.24) is 14.5 Å². The zero-order valence-electron chi connectivity index (χ0n) is 14.6. The van der Waals surface area contributed by atoms with Crippen LogP contribution in [0.3, 0.4) is 0 Å². The van der Waals surface area contributed by atoms with Crippen molar-refractivity contribution in [2.45, 2.75) is 43.6 Å². The van der Waals surface area contributed by atoms with Gasteiger partial charge in [-0.05, 0) is 18.9 Å². The van der Waals surface area contributed by atoms with Gasteiger partial charge in [-0.1, -0.05) is 18.2 Å². The number of nitrogens with zero attached hydrogens (tertiary/aromatic N) is 3. The molecule has 3 rings (SSSR count). The first kappa shape index (κ1) is 19.3. The molecular weight excluding hydrogens is 366 g/mol. The maximum absolute atomic E-state index is 13.9. The largest absolute Gasteiger partial charge is 0.425 e. The number of benzene rings is 1. The summed E-state index contributed by atoms with van der Waals surface area (Å²) in [6, 6.07) is 5.53. The molecule has 1 unspecified atom stereocenters. The third kappa shape index (κ3) is 3.83. The summed E-state index contributed by atoms with van der Waals surface area (Å²) < 4.78 is 55.9. The number of alkyl halides is 3. The van der Waals surface area contributed by atoms with Crippen molar-refractivity contribution in [2.75, 3.05) is 0 Å². The predicted octanol–water partition coefficient (Wildman–Crippen LogP) is 2.89. The van der Waals surface area contributed by atoms with E-state index in [1.54, 1.807) is 6.07 Å². The number of amides is 1. The Kier molecular flexibility index (Phi) is 4.98. The van der Waals surface area contributed by atoms with Crippen LogP contribution in [0.5, 0.6) is 0 Å². The van der Waals surface area contributed by atoms with Gasteiger partial charge in [-0.3, -0.25) is 4.79 Å². The first-order valence-corrected chi connectivity index (χ1v) is 8.43. The fourth-order valence-corrected chi connectivity index (χ4v) is 3.01. The van der Waals surface area contributed by atoms with E-state index in [-0.39, 0.29) is 18.2 Å². The zero-order chi connectivity index (χ0) is 19.8. The number of halogens is 4. The van der Waals surface area contributed by atoms with Gasteiger partial charge in [0.1, 0.15) is 5.82 Å². The Morgan fingerprint density at radius 1 is 1.33 bits per heavy atom. The van der Waals surface area contributed by atoms with E-state index in [2.05, 4.69) is 4.98 Å². The molecule has 146 valence electrons. The van der Waals surface area contributed by atoms with Crippen molar-refractivity contribution in [3.63, 3.8) is 0 Å². The standard InChI is InChI=1S/C18H19F4N3O2/c1-24-9-8-23-16(24)17(27,18(20,21)22)10-15(26)25(13-6-7-13)11-12-4-2-3-5-14(12)19/h2-5,8-9,13,27H,6-7,10-11H2,1H3. The molecule has 9 heteroatoms. The first-order chi connectivity index (χ1) is 12.6. The molecule has 1 aromatic heterocycles. The van der Waals surface area contributed by atoms with Crippen LogP contribution in [-0.4, -0.2) is 37.7 Å². The molecule has 0 radical (unpaired) electrons. The lowest BCUT2D eigenvalue weighted by Gasteiger charge is -2.32. The van der Waals surface area contributed by atoms with Gasteiger partial charge in [0.05, 0.1) is 6.42 Å². The number of aromatic nitrogens is 2. The van der Waals surface area contributed by atoms with E-state index in [1.165, 1.54) is 36.3 Å². The highest BCUT2D eigenvalue weighted by atomic mass is 19.4. The SMILES string of the molecule is Cn1ccnc1C(O)(CC(=O)N(Cc1ccccc1F)C1CC1)C(F)(F)F. The van der Waals surface area contributed by atoms with Gasteiger partial charge in [0.25, 0.3) is 0 Å². The van der Waals surface area contributed by atoms with E-state index < -0.39 is 35.7 Å². The van der Waals surface area contributed by atoms with Crippen LogP contribution in [0.2, 0.25) is 0 Å². The lowest BCUT2D eigenvalue weighted by atomic mass is 9.96. The second kappa shape index (κ2) is 6.95. The minimum Gasteiger partial charge on any atom is -0.374 e. The van der Waals surface area contributed by atoms with Crippen molar-refractivity contribution in [1.29, 1.82) is 0 Å². The van der Waals surface area contributed by atoms with Crippen LogP contribution in [-0.2, 0) is 24.0 Å². The molecule has 1 heterocycles. The summed E-state index contributed by atoms with van der Waals surface area (Å²) in [5.74, 6) is -2.10. The molecule has 0 saturated heterocycles. The monoisotopic (exact) mass is 385 g/mol. The first-order valence-electron chi connectivity index (χ1n) is 8.43. The van der Waals surface area contributed by atoms with Gasteiger partial charge in [0.2, 0.25) is 11.5 Å². The molecular formula is C18H19F4N3O2. The van der Waals surface area contributed by atoms with E-state index in [0.29, 0.717) is 12.8 Å². The van der Waals surface area contributed by atoms with Crippen LogP contribution < -0.4 is 0 Å². The Labute approximate surface area is 153 Å². The van der Waals surface area contributed by atoms with Crippen LogP contribution in [0.25, 0.3) is 0 Å². The third-order valence-electron chi connectivity index (χ3n) is 4.67. The van der Waals surface area contributed by atoms with Crippen molar-refractivity contribution < 1.29 is 27.5 Å². The highest BCUT2D eigenvalue weighted by Gasteiger charge is 2.59. The van der Waals surface area contributed by atoms with Crippen LogP contribution in [0.1, 0.15) is 30.7 Å². The van der Waals surface area contributed by atoms with Gasteiger partial charge in [0, 0.05) is 37.6 Å². The summed E-state index contributed by atoms with van der Waals surface area (Å²) >= 11 is 0. The minimum atomic E-state index is -5.10. The smallest absolute Gasteiger partial charge is 0.374 e. The van der Waals surface area contributed by atoms with Gasteiger partial charge in [-0.15, -0.1) is 0 Å². The van der Waals surface area contributed by atoms with Gasteiger partial charge in [-0.2, -0.15) is 13.2 Å². The molecule has 1 aromatic carbocycles. The summed E-state index contributed by atoms with van der Waals surface area (Å²) in [7, 11) is 1.31. The number of imidazole rings is 1. The fourth-order valence-electron chi connectivity index (χ4n) is 3.01. The van der Waals surface area contributed by atoms with Gasteiger partial charge in [-0.25, -0.2) is 9.37 Å². The number of rotatable bonds is 6. The Balaban J connectivity index is 1.87. The van der Waals surface area contributed by atoms with E-state index in [4.69, 9.17) is 0 Å². The molecule has 27 heavy (non-hydrogen) atoms. The molecule has 1 aliphatic carbocycles. The summed E-state index contributed by atoms with van der Waals surface area (Å²) in [6.45, 7) is -0.148. The Bertz CT molecular complexity index is 832. The minimum absolute atomic E-state index is 0.148. The van der Waals surface area contributed by atoms with E-state index in [9.17, 15) is 27.5 Å². The second-order valence-corrected chi connectivity index (χ2v) is 6.74. The number of hydrogen-bond acceptors (Lipinski definition) is 3. The normalized spacial score (nSPS) is 16.8. The lowest BCUT2D eigenvalue weighted by molar-refractivity contribution is -0.272. The number of carbonyl (C=O) groups excluding carboxylic acids is 1. The maximum Gasteiger partial charge on any atom is 0.425 e. The molecule has 1 fully saturated rings. The van der Waals surface area contributed by atoms with Crippen LogP contribution in [0.4, 0.5) is 17.6 Å². The summed E-state index contributed by atoms with van der Waals surface area (Å²) in [5.41, 5.74) is -3.21. The molecule has 1 aliphatic rings. The van der Waals surface area contributed by atoms with Crippen LogP contribution in [0, 0.1) is 5.82 Å². The van der Waals surface area contributed by atoms with E-state index in [1.807, 2.05) is 0 Å².